The van der Waals surface area contributed by atoms with Crippen molar-refractivity contribution in [3.8, 4) is 0 Å². The van der Waals surface area contributed by atoms with Crippen LogP contribution in [-0.4, -0.2) is 53.0 Å². The molecule has 0 heterocycles. The number of hydrogen-bond acceptors (Lipinski definition) is 7. The third-order valence-corrected chi connectivity index (χ3v) is 5.40. The molecule has 1 amide bonds. The molecule has 2 aromatic carbocycles. The third kappa shape index (κ3) is 18.0. The Labute approximate surface area is 228 Å². The van der Waals surface area contributed by atoms with Crippen LogP contribution in [-0.2, 0) is 9.59 Å². The number of benzene rings is 2. The Kier molecular flexibility index (Phi) is 18.9. The van der Waals surface area contributed by atoms with E-state index in [9.17, 15) is 19.2 Å². The van der Waals surface area contributed by atoms with Gasteiger partial charge in [0.1, 0.15) is 12.3 Å². The van der Waals surface area contributed by atoms with Gasteiger partial charge in [-0.05, 0) is 80.8 Å². The molecule has 38 heavy (non-hydrogen) atoms. The molecular weight excluding hydrogens is 512 g/mol. The number of rotatable bonds is 7. The predicted molar refractivity (Wildman–Crippen MR) is 150 cm³/mol. The van der Waals surface area contributed by atoms with Crippen LogP contribution in [0.3, 0.4) is 0 Å². The fraction of sp³-hybridized carbons (Fsp3) is 0.407. The summed E-state index contributed by atoms with van der Waals surface area (Å²) in [6, 6.07) is 12.5. The van der Waals surface area contributed by atoms with Gasteiger partial charge in [-0.15, -0.1) is 0 Å². The lowest BCUT2D eigenvalue weighted by atomic mass is 9.97. The number of aliphatic carboxylic acids is 1. The van der Waals surface area contributed by atoms with Gasteiger partial charge in [0, 0.05) is 29.2 Å². The summed E-state index contributed by atoms with van der Waals surface area (Å²) in [7, 11) is 0. The molecule has 1 aliphatic carbocycles. The molecule has 0 bridgehead atoms. The lowest BCUT2D eigenvalue weighted by Gasteiger charge is -2.15. The van der Waals surface area contributed by atoms with Gasteiger partial charge >= 0.3 is 11.9 Å². The second-order valence-corrected chi connectivity index (χ2v) is 8.94. The van der Waals surface area contributed by atoms with Gasteiger partial charge in [0.25, 0.3) is 0 Å². The maximum absolute atomic E-state index is 10.6. The molecule has 0 saturated heterocycles. The van der Waals surface area contributed by atoms with Crippen molar-refractivity contribution in [2.24, 2.45) is 17.2 Å². The normalized spacial score (nSPS) is 13.1. The molecule has 1 aliphatic rings. The van der Waals surface area contributed by atoms with Crippen LogP contribution in [0.1, 0.15) is 72.6 Å². The molecule has 2 aromatic rings. The molecule has 11 heteroatoms. The van der Waals surface area contributed by atoms with Gasteiger partial charge < -0.3 is 32.7 Å². The van der Waals surface area contributed by atoms with Gasteiger partial charge in [-0.3, -0.25) is 14.4 Å². The Bertz CT molecular complexity index is 965. The van der Waals surface area contributed by atoms with E-state index in [1.54, 1.807) is 36.4 Å². The molecule has 1 fully saturated rings. The Balaban J connectivity index is 0.000000489. The van der Waals surface area contributed by atoms with Crippen molar-refractivity contribution >= 4 is 41.4 Å². The van der Waals surface area contributed by atoms with E-state index in [0.717, 1.165) is 6.29 Å². The highest BCUT2D eigenvalue weighted by Crippen LogP contribution is 2.14. The summed E-state index contributed by atoms with van der Waals surface area (Å²) in [5.74, 6) is -2.01. The molecule has 0 spiro atoms. The Morgan fingerprint density at radius 1 is 1.03 bits per heavy atom. The van der Waals surface area contributed by atoms with Crippen LogP contribution in [0.15, 0.2) is 48.5 Å². The SMILES string of the molecule is CC(=O)Nc1ccc(C=O)cc1.NC1CCCCC1.NCCCC(N)C(=O)O.O=C(O)c1ccc(Cl)cc1. The standard InChI is InChI=1S/C9H9NO2.C7H5ClO2.C6H13N.C5H12N2O2/c1-7(12)10-9-4-2-8(6-11)3-5-9;8-6-3-1-5(2-4-6)7(9)10;7-6-4-2-1-3-5-6;6-3-1-2-4(7)5(8)9/h2-6H,1H3,(H,10,12);1-4H,(H,9,10);6H,1-5,7H2;4H,1-3,6-7H2,(H,8,9). The number of carbonyl (C=O) groups excluding carboxylic acids is 2. The number of nitrogens with two attached hydrogens (primary N) is 3. The summed E-state index contributed by atoms with van der Waals surface area (Å²) in [6.45, 7) is 1.94. The van der Waals surface area contributed by atoms with Gasteiger partial charge in [-0.25, -0.2) is 4.79 Å². The highest BCUT2D eigenvalue weighted by Gasteiger charge is 2.09. The summed E-state index contributed by atoms with van der Waals surface area (Å²) in [5.41, 5.74) is 17.5. The number of aromatic carboxylic acids is 1. The van der Waals surface area contributed by atoms with Gasteiger partial charge in [0.15, 0.2) is 0 Å². The lowest BCUT2D eigenvalue weighted by molar-refractivity contribution is -0.138. The van der Waals surface area contributed by atoms with Crippen LogP contribution in [0.4, 0.5) is 5.69 Å². The van der Waals surface area contributed by atoms with E-state index in [1.165, 1.54) is 51.2 Å². The Hall–Kier alpha value is -3.31. The Morgan fingerprint density at radius 3 is 1.95 bits per heavy atom. The highest BCUT2D eigenvalue weighted by molar-refractivity contribution is 6.30. The number of carboxylic acid groups (broad SMARTS) is 2. The second-order valence-electron chi connectivity index (χ2n) is 8.51. The number of amides is 1. The van der Waals surface area contributed by atoms with Crippen LogP contribution < -0.4 is 22.5 Å². The molecule has 9 N–H and O–H groups in total. The van der Waals surface area contributed by atoms with Crippen molar-refractivity contribution in [1.82, 2.24) is 0 Å². The van der Waals surface area contributed by atoms with E-state index < -0.39 is 18.0 Å². The zero-order chi connectivity index (χ0) is 28.9. The zero-order valence-electron chi connectivity index (χ0n) is 21.6. The lowest BCUT2D eigenvalue weighted by Crippen LogP contribution is -2.30. The van der Waals surface area contributed by atoms with E-state index in [0.29, 0.717) is 41.7 Å². The van der Waals surface area contributed by atoms with Crippen LogP contribution in [0, 0.1) is 0 Å². The molecule has 0 radical (unpaired) electrons. The first-order chi connectivity index (χ1) is 18.0. The minimum atomic E-state index is -0.955. The fourth-order valence-electron chi connectivity index (χ4n) is 3.04. The molecule has 1 saturated carbocycles. The molecule has 1 unspecified atom stereocenters. The van der Waals surface area contributed by atoms with Crippen molar-refractivity contribution in [2.75, 3.05) is 11.9 Å². The maximum Gasteiger partial charge on any atom is 0.335 e. The van der Waals surface area contributed by atoms with Crippen molar-refractivity contribution in [3.63, 3.8) is 0 Å². The minimum Gasteiger partial charge on any atom is -0.480 e. The van der Waals surface area contributed by atoms with Gasteiger partial charge in [0.2, 0.25) is 5.91 Å². The summed E-state index contributed by atoms with van der Waals surface area (Å²) < 4.78 is 0. The first kappa shape index (κ1) is 34.7. The average Bonchev–Trinajstić information content (AvgIpc) is 2.89. The van der Waals surface area contributed by atoms with Crippen LogP contribution in [0.25, 0.3) is 0 Å². The van der Waals surface area contributed by atoms with E-state index in [-0.39, 0.29) is 11.5 Å². The summed E-state index contributed by atoms with van der Waals surface area (Å²) >= 11 is 5.52. The molecule has 1 atom stereocenters. The first-order valence-electron chi connectivity index (χ1n) is 12.3. The number of anilines is 1. The molecule has 10 nitrogen and oxygen atoms in total. The number of halogens is 1. The zero-order valence-corrected chi connectivity index (χ0v) is 22.4. The van der Waals surface area contributed by atoms with E-state index in [1.807, 2.05) is 0 Å². The second kappa shape index (κ2) is 20.7. The smallest absolute Gasteiger partial charge is 0.335 e. The van der Waals surface area contributed by atoms with Crippen molar-refractivity contribution < 1.29 is 29.4 Å². The molecule has 3 rings (SSSR count). The molecule has 210 valence electrons. The fourth-order valence-corrected chi connectivity index (χ4v) is 3.16. The van der Waals surface area contributed by atoms with Crippen molar-refractivity contribution in [3.05, 3.63) is 64.7 Å². The highest BCUT2D eigenvalue weighted by atomic mass is 35.5. The maximum atomic E-state index is 10.6. The summed E-state index contributed by atoms with van der Waals surface area (Å²) in [6.07, 6.45) is 8.56. The monoisotopic (exact) mass is 550 g/mol. The quantitative estimate of drug-likeness (QED) is 0.276. The van der Waals surface area contributed by atoms with Crippen LogP contribution in [0.2, 0.25) is 5.02 Å². The van der Waals surface area contributed by atoms with Crippen LogP contribution in [0.5, 0.6) is 0 Å². The number of nitrogens with one attached hydrogen (secondary N) is 1. The van der Waals surface area contributed by atoms with Crippen molar-refractivity contribution in [2.45, 2.75) is 64.0 Å². The Morgan fingerprint density at radius 2 is 1.58 bits per heavy atom. The van der Waals surface area contributed by atoms with Gasteiger partial charge in [0.05, 0.1) is 5.56 Å². The van der Waals surface area contributed by atoms with E-state index in [2.05, 4.69) is 5.32 Å². The summed E-state index contributed by atoms with van der Waals surface area (Å²) in [4.78, 5) is 41.1. The third-order valence-electron chi connectivity index (χ3n) is 5.14. The summed E-state index contributed by atoms with van der Waals surface area (Å²) in [5, 5.41) is 19.8. The average molecular weight is 551 g/mol. The predicted octanol–water partition coefficient (Wildman–Crippen LogP) is 3.91. The molecule has 0 aliphatic heterocycles. The van der Waals surface area contributed by atoms with E-state index in [4.69, 9.17) is 39.0 Å². The van der Waals surface area contributed by atoms with E-state index >= 15 is 0 Å². The first-order valence-corrected chi connectivity index (χ1v) is 12.6. The van der Waals surface area contributed by atoms with Gasteiger partial charge in [-0.2, -0.15) is 0 Å². The largest absolute Gasteiger partial charge is 0.480 e. The molecular formula is C27H39ClN4O6. The topological polar surface area (TPSA) is 199 Å². The van der Waals surface area contributed by atoms with Crippen LogP contribution >= 0.6 is 11.6 Å². The molecule has 0 aromatic heterocycles. The van der Waals surface area contributed by atoms with Gasteiger partial charge in [-0.1, -0.05) is 30.9 Å². The number of carboxylic acids is 2. The minimum absolute atomic E-state index is 0.117. The number of aldehydes is 1. The number of hydrogen-bond donors (Lipinski definition) is 6. The van der Waals surface area contributed by atoms with Crippen molar-refractivity contribution in [1.29, 1.82) is 0 Å². The number of carbonyl (C=O) groups is 4.